The van der Waals surface area contributed by atoms with Gasteiger partial charge in [0.05, 0.1) is 6.04 Å². The second kappa shape index (κ2) is 5.61. The molecular weight excluding hydrogens is 188 g/mol. The molecule has 1 aliphatic carbocycles. The minimum absolute atomic E-state index is 0.243. The zero-order chi connectivity index (χ0) is 10.5. The molecule has 3 heteroatoms. The second-order valence-electron chi connectivity index (χ2n) is 4.72. The molecule has 2 aliphatic rings. The van der Waals surface area contributed by atoms with Crippen LogP contribution in [0.15, 0.2) is 0 Å². The van der Waals surface area contributed by atoms with Crippen molar-refractivity contribution in [2.24, 2.45) is 0 Å². The molecule has 1 saturated carbocycles. The van der Waals surface area contributed by atoms with E-state index in [1.807, 2.05) is 0 Å². The monoisotopic (exact) mass is 210 g/mol. The van der Waals surface area contributed by atoms with Gasteiger partial charge in [-0.3, -0.25) is 9.69 Å². The summed E-state index contributed by atoms with van der Waals surface area (Å²) in [6.45, 7) is 4.31. The first-order valence-corrected chi connectivity index (χ1v) is 6.35. The highest BCUT2D eigenvalue weighted by atomic mass is 16.1. The van der Waals surface area contributed by atoms with Crippen LogP contribution in [0.25, 0.3) is 0 Å². The fraction of sp³-hybridized carbons (Fsp3) is 0.917. The fourth-order valence-corrected chi connectivity index (χ4v) is 2.71. The molecule has 1 saturated heterocycles. The number of nitrogens with one attached hydrogen (secondary N) is 1. The van der Waals surface area contributed by atoms with Crippen LogP contribution in [0.3, 0.4) is 0 Å². The van der Waals surface area contributed by atoms with Crippen molar-refractivity contribution in [3.05, 3.63) is 0 Å². The summed E-state index contributed by atoms with van der Waals surface area (Å²) in [5, 5.41) is 3.39. The lowest BCUT2D eigenvalue weighted by molar-refractivity contribution is -0.124. The average molecular weight is 210 g/mol. The summed E-state index contributed by atoms with van der Waals surface area (Å²) in [5.41, 5.74) is 0. The van der Waals surface area contributed by atoms with Crippen molar-refractivity contribution >= 4 is 5.78 Å². The molecule has 2 fully saturated rings. The Labute approximate surface area is 92.2 Å². The summed E-state index contributed by atoms with van der Waals surface area (Å²) >= 11 is 0. The van der Waals surface area contributed by atoms with E-state index in [0.29, 0.717) is 5.78 Å². The first-order chi connectivity index (χ1) is 7.38. The first-order valence-electron chi connectivity index (χ1n) is 6.35. The van der Waals surface area contributed by atoms with Gasteiger partial charge in [0, 0.05) is 26.1 Å². The van der Waals surface area contributed by atoms with Gasteiger partial charge in [-0.15, -0.1) is 0 Å². The Morgan fingerprint density at radius 3 is 2.93 bits per heavy atom. The topological polar surface area (TPSA) is 32.3 Å². The Bertz CT molecular complexity index is 210. The molecule has 1 N–H and O–H groups in total. The highest BCUT2D eigenvalue weighted by Crippen LogP contribution is 2.19. The number of Topliss-reactive ketones (excluding diaryl/α,β-unsaturated/α-hetero) is 1. The third kappa shape index (κ3) is 3.02. The molecule has 0 amide bonds. The molecule has 0 bridgehead atoms. The van der Waals surface area contributed by atoms with Gasteiger partial charge in [-0.1, -0.05) is 12.8 Å². The molecule has 0 aromatic rings. The lowest BCUT2D eigenvalue weighted by Gasteiger charge is -2.28. The lowest BCUT2D eigenvalue weighted by atomic mass is 10.1. The zero-order valence-electron chi connectivity index (χ0n) is 9.50. The molecule has 1 unspecified atom stereocenters. The highest BCUT2D eigenvalue weighted by Gasteiger charge is 2.26. The maximum Gasteiger partial charge on any atom is 0.149 e. The second-order valence-corrected chi connectivity index (χ2v) is 4.72. The molecule has 0 spiro atoms. The van der Waals surface area contributed by atoms with Gasteiger partial charge in [-0.25, -0.2) is 0 Å². The van der Waals surface area contributed by atoms with Gasteiger partial charge in [0.2, 0.25) is 0 Å². The predicted octanol–water partition coefficient (Wildman–Crippen LogP) is 1.18. The number of hydrogen-bond acceptors (Lipinski definition) is 3. The highest BCUT2D eigenvalue weighted by molar-refractivity contribution is 5.84. The number of rotatable bonds is 1. The van der Waals surface area contributed by atoms with Gasteiger partial charge in [0.25, 0.3) is 0 Å². The SMILES string of the molecule is O=C1CCCCCC1N1CCCNCC1. The minimum Gasteiger partial charge on any atom is -0.315 e. The fourth-order valence-electron chi connectivity index (χ4n) is 2.71. The van der Waals surface area contributed by atoms with Crippen LogP contribution < -0.4 is 5.32 Å². The minimum atomic E-state index is 0.243. The number of hydrogen-bond donors (Lipinski definition) is 1. The first kappa shape index (κ1) is 11.1. The van der Waals surface area contributed by atoms with Gasteiger partial charge < -0.3 is 5.32 Å². The van der Waals surface area contributed by atoms with Crippen LogP contribution in [0, 0.1) is 0 Å². The molecule has 1 heterocycles. The maximum atomic E-state index is 12.0. The summed E-state index contributed by atoms with van der Waals surface area (Å²) in [6.07, 6.45) is 6.69. The summed E-state index contributed by atoms with van der Waals surface area (Å²) in [7, 11) is 0. The molecule has 0 radical (unpaired) electrons. The van der Waals surface area contributed by atoms with Gasteiger partial charge in [-0.05, 0) is 25.8 Å². The smallest absolute Gasteiger partial charge is 0.149 e. The Hall–Kier alpha value is -0.410. The van der Waals surface area contributed by atoms with E-state index in [4.69, 9.17) is 0 Å². The van der Waals surface area contributed by atoms with Gasteiger partial charge in [0.1, 0.15) is 5.78 Å². The molecule has 1 aliphatic heterocycles. The van der Waals surface area contributed by atoms with E-state index in [2.05, 4.69) is 10.2 Å². The van der Waals surface area contributed by atoms with E-state index < -0.39 is 0 Å². The van der Waals surface area contributed by atoms with Crippen LogP contribution in [0.2, 0.25) is 0 Å². The number of carbonyl (C=O) groups is 1. The number of carbonyl (C=O) groups excluding carboxylic acids is 1. The Balaban J connectivity index is 1.95. The molecule has 3 nitrogen and oxygen atoms in total. The molecule has 15 heavy (non-hydrogen) atoms. The van der Waals surface area contributed by atoms with Gasteiger partial charge >= 0.3 is 0 Å². The van der Waals surface area contributed by atoms with Crippen molar-refractivity contribution < 1.29 is 4.79 Å². The van der Waals surface area contributed by atoms with Crippen molar-refractivity contribution in [1.82, 2.24) is 10.2 Å². The van der Waals surface area contributed by atoms with E-state index in [0.717, 1.165) is 45.4 Å². The summed E-state index contributed by atoms with van der Waals surface area (Å²) in [6, 6.07) is 0.243. The van der Waals surface area contributed by atoms with Crippen molar-refractivity contribution in [2.45, 2.75) is 44.6 Å². The van der Waals surface area contributed by atoms with E-state index in [1.165, 1.54) is 19.3 Å². The summed E-state index contributed by atoms with van der Waals surface area (Å²) in [4.78, 5) is 14.4. The van der Waals surface area contributed by atoms with Crippen LogP contribution in [0.4, 0.5) is 0 Å². The van der Waals surface area contributed by atoms with Gasteiger partial charge in [-0.2, -0.15) is 0 Å². The van der Waals surface area contributed by atoms with Gasteiger partial charge in [0.15, 0.2) is 0 Å². The number of nitrogens with zero attached hydrogens (tertiary/aromatic N) is 1. The molecule has 86 valence electrons. The van der Waals surface area contributed by atoms with Crippen LogP contribution >= 0.6 is 0 Å². The largest absolute Gasteiger partial charge is 0.315 e. The zero-order valence-corrected chi connectivity index (χ0v) is 9.50. The van der Waals surface area contributed by atoms with E-state index in [1.54, 1.807) is 0 Å². The maximum absolute atomic E-state index is 12.0. The quantitative estimate of drug-likeness (QED) is 0.660. The van der Waals surface area contributed by atoms with Crippen molar-refractivity contribution in [1.29, 1.82) is 0 Å². The van der Waals surface area contributed by atoms with E-state index >= 15 is 0 Å². The Morgan fingerprint density at radius 1 is 1.07 bits per heavy atom. The van der Waals surface area contributed by atoms with Crippen LogP contribution in [-0.4, -0.2) is 42.9 Å². The van der Waals surface area contributed by atoms with E-state index in [-0.39, 0.29) is 6.04 Å². The Morgan fingerprint density at radius 2 is 2.00 bits per heavy atom. The van der Waals surface area contributed by atoms with Crippen LogP contribution in [0.1, 0.15) is 38.5 Å². The standard InChI is InChI=1S/C12H22N2O/c15-12-6-3-1-2-5-11(12)14-9-4-7-13-8-10-14/h11,13H,1-10H2. The molecule has 0 aromatic carbocycles. The van der Waals surface area contributed by atoms with Crippen LogP contribution in [0.5, 0.6) is 0 Å². The summed E-state index contributed by atoms with van der Waals surface area (Å²) in [5.74, 6) is 0.495. The van der Waals surface area contributed by atoms with Crippen molar-refractivity contribution in [3.8, 4) is 0 Å². The van der Waals surface area contributed by atoms with Crippen molar-refractivity contribution in [2.75, 3.05) is 26.2 Å². The van der Waals surface area contributed by atoms with E-state index in [9.17, 15) is 4.79 Å². The third-order valence-corrected chi connectivity index (χ3v) is 3.59. The number of ketones is 1. The summed E-state index contributed by atoms with van der Waals surface area (Å²) < 4.78 is 0. The normalized spacial score (nSPS) is 30.9. The molecule has 0 aromatic heterocycles. The third-order valence-electron chi connectivity index (χ3n) is 3.59. The Kier molecular flexibility index (Phi) is 4.15. The predicted molar refractivity (Wildman–Crippen MR) is 60.9 cm³/mol. The van der Waals surface area contributed by atoms with Crippen LogP contribution in [-0.2, 0) is 4.79 Å². The molecular formula is C12H22N2O. The van der Waals surface area contributed by atoms with Crippen molar-refractivity contribution in [3.63, 3.8) is 0 Å². The molecule has 2 rings (SSSR count). The molecule has 1 atom stereocenters. The average Bonchev–Trinajstić information content (AvgIpc) is 2.59. The lowest BCUT2D eigenvalue weighted by Crippen LogP contribution is -2.42.